The van der Waals surface area contributed by atoms with Gasteiger partial charge < -0.3 is 14.2 Å². The molecule has 0 saturated carbocycles. The van der Waals surface area contributed by atoms with Gasteiger partial charge in [-0.05, 0) is 29.4 Å². The first-order chi connectivity index (χ1) is 11.7. The SMILES string of the molecule is COc1cc2nccc(Oc3ccc(N=O)cc3F)c2cc1OC. The molecule has 3 aromatic rings. The van der Waals surface area contributed by atoms with Crippen molar-refractivity contribution < 1.29 is 18.6 Å². The summed E-state index contributed by atoms with van der Waals surface area (Å²) in [4.78, 5) is 14.7. The smallest absolute Gasteiger partial charge is 0.167 e. The van der Waals surface area contributed by atoms with Crippen LogP contribution < -0.4 is 14.2 Å². The lowest BCUT2D eigenvalue weighted by Gasteiger charge is -2.12. The molecular weight excluding hydrogens is 315 g/mol. The van der Waals surface area contributed by atoms with Gasteiger partial charge >= 0.3 is 0 Å². The summed E-state index contributed by atoms with van der Waals surface area (Å²) in [5.41, 5.74) is 0.600. The largest absolute Gasteiger partial charge is 0.493 e. The maximum absolute atomic E-state index is 14.0. The molecule has 122 valence electrons. The zero-order valence-corrected chi connectivity index (χ0v) is 12.9. The number of nitrogens with zero attached hydrogens (tertiary/aromatic N) is 2. The third kappa shape index (κ3) is 2.83. The second-order valence-electron chi connectivity index (χ2n) is 4.84. The maximum atomic E-state index is 14.0. The molecule has 0 spiro atoms. The monoisotopic (exact) mass is 328 g/mol. The fraction of sp³-hybridized carbons (Fsp3) is 0.118. The van der Waals surface area contributed by atoms with Crippen LogP contribution in [0, 0.1) is 10.7 Å². The zero-order valence-electron chi connectivity index (χ0n) is 12.9. The van der Waals surface area contributed by atoms with Crippen molar-refractivity contribution in [2.24, 2.45) is 5.18 Å². The molecule has 0 bridgehead atoms. The normalized spacial score (nSPS) is 10.5. The van der Waals surface area contributed by atoms with E-state index in [2.05, 4.69) is 10.2 Å². The molecule has 0 unspecified atom stereocenters. The zero-order chi connectivity index (χ0) is 17.1. The number of ether oxygens (including phenoxy) is 3. The molecule has 0 saturated heterocycles. The summed E-state index contributed by atoms with van der Waals surface area (Å²) in [6.07, 6.45) is 1.54. The lowest BCUT2D eigenvalue weighted by Crippen LogP contribution is -1.94. The minimum atomic E-state index is -0.683. The number of hydrogen-bond donors (Lipinski definition) is 0. The molecule has 0 radical (unpaired) electrons. The highest BCUT2D eigenvalue weighted by atomic mass is 19.1. The summed E-state index contributed by atoms with van der Waals surface area (Å²) in [7, 11) is 3.05. The Kier molecular flexibility index (Phi) is 4.24. The Morgan fingerprint density at radius 2 is 1.71 bits per heavy atom. The van der Waals surface area contributed by atoms with E-state index in [0.29, 0.717) is 28.2 Å². The summed E-state index contributed by atoms with van der Waals surface area (Å²) >= 11 is 0. The predicted molar refractivity (Wildman–Crippen MR) is 86.8 cm³/mol. The first-order valence-electron chi connectivity index (χ1n) is 6.97. The van der Waals surface area contributed by atoms with Crippen molar-refractivity contribution in [3.05, 3.63) is 53.3 Å². The van der Waals surface area contributed by atoms with Gasteiger partial charge in [0.25, 0.3) is 0 Å². The van der Waals surface area contributed by atoms with Crippen LogP contribution in [0.3, 0.4) is 0 Å². The highest BCUT2D eigenvalue weighted by Crippen LogP contribution is 2.37. The van der Waals surface area contributed by atoms with Gasteiger partial charge in [-0.15, -0.1) is 4.91 Å². The highest BCUT2D eigenvalue weighted by Gasteiger charge is 2.13. The van der Waals surface area contributed by atoms with E-state index in [1.54, 1.807) is 24.4 Å². The first-order valence-corrected chi connectivity index (χ1v) is 6.97. The third-order valence-corrected chi connectivity index (χ3v) is 3.45. The molecule has 0 atom stereocenters. The number of methoxy groups -OCH3 is 2. The van der Waals surface area contributed by atoms with Crippen LogP contribution in [0.15, 0.2) is 47.8 Å². The number of aromatic nitrogens is 1. The fourth-order valence-electron chi connectivity index (χ4n) is 2.28. The minimum absolute atomic E-state index is 0.00848. The first kappa shape index (κ1) is 15.7. The van der Waals surface area contributed by atoms with Crippen molar-refractivity contribution in [1.29, 1.82) is 0 Å². The number of hydrogen-bond acceptors (Lipinski definition) is 6. The van der Waals surface area contributed by atoms with Crippen molar-refractivity contribution >= 4 is 16.6 Å². The maximum Gasteiger partial charge on any atom is 0.167 e. The lowest BCUT2D eigenvalue weighted by atomic mass is 10.2. The van der Waals surface area contributed by atoms with Gasteiger partial charge in [0.1, 0.15) is 11.4 Å². The van der Waals surface area contributed by atoms with E-state index < -0.39 is 5.82 Å². The summed E-state index contributed by atoms with van der Waals surface area (Å²) in [6.45, 7) is 0. The van der Waals surface area contributed by atoms with E-state index in [1.807, 2.05) is 0 Å². The number of nitroso groups, excluding NO2 is 1. The van der Waals surface area contributed by atoms with Crippen LogP contribution in [0.4, 0.5) is 10.1 Å². The molecule has 1 aromatic heterocycles. The van der Waals surface area contributed by atoms with Crippen LogP contribution in [0.5, 0.6) is 23.0 Å². The standard InChI is InChI=1S/C17H13FN2O4/c1-22-16-8-11-13(9-17(16)23-2)19-6-5-14(11)24-15-4-3-10(20-21)7-12(15)18/h3-9H,1-2H3. The van der Waals surface area contributed by atoms with Crippen molar-refractivity contribution in [3.63, 3.8) is 0 Å². The molecule has 24 heavy (non-hydrogen) atoms. The number of rotatable bonds is 5. The molecule has 0 aliphatic rings. The van der Waals surface area contributed by atoms with Gasteiger partial charge in [-0.1, -0.05) is 0 Å². The van der Waals surface area contributed by atoms with E-state index in [0.717, 1.165) is 6.07 Å². The Hall–Kier alpha value is -3.22. The third-order valence-electron chi connectivity index (χ3n) is 3.45. The van der Waals surface area contributed by atoms with Crippen molar-refractivity contribution in [2.75, 3.05) is 14.2 Å². The van der Waals surface area contributed by atoms with Crippen LogP contribution in [0.25, 0.3) is 10.9 Å². The van der Waals surface area contributed by atoms with Gasteiger partial charge in [-0.25, -0.2) is 4.39 Å². The van der Waals surface area contributed by atoms with Crippen molar-refractivity contribution in [1.82, 2.24) is 4.98 Å². The lowest BCUT2D eigenvalue weighted by molar-refractivity contribution is 0.355. The predicted octanol–water partition coefficient (Wildman–Crippen LogP) is 4.58. The Bertz CT molecular complexity index is 914. The van der Waals surface area contributed by atoms with Gasteiger partial charge in [0.05, 0.1) is 19.7 Å². The van der Waals surface area contributed by atoms with E-state index in [4.69, 9.17) is 14.2 Å². The summed E-state index contributed by atoms with van der Waals surface area (Å²) in [5.74, 6) is 0.722. The van der Waals surface area contributed by atoms with E-state index in [-0.39, 0.29) is 11.4 Å². The van der Waals surface area contributed by atoms with Gasteiger partial charge in [0.2, 0.25) is 0 Å². The Morgan fingerprint density at radius 3 is 2.38 bits per heavy atom. The molecule has 1 heterocycles. The molecule has 6 nitrogen and oxygen atoms in total. The fourth-order valence-corrected chi connectivity index (χ4v) is 2.28. The molecular formula is C17H13FN2O4. The number of halogens is 1. The molecule has 0 amide bonds. The quantitative estimate of drug-likeness (QED) is 0.641. The Balaban J connectivity index is 2.08. The van der Waals surface area contributed by atoms with E-state index in [1.165, 1.54) is 26.4 Å². The van der Waals surface area contributed by atoms with Crippen LogP contribution in [-0.2, 0) is 0 Å². The minimum Gasteiger partial charge on any atom is -0.493 e. The molecule has 0 N–H and O–H groups in total. The molecule has 0 aliphatic carbocycles. The Labute approximate surface area is 136 Å². The summed E-state index contributed by atoms with van der Waals surface area (Å²) in [6, 6.07) is 8.75. The molecule has 0 fully saturated rings. The summed E-state index contributed by atoms with van der Waals surface area (Å²) in [5, 5.41) is 3.32. The number of benzene rings is 2. The average Bonchev–Trinajstić information content (AvgIpc) is 2.62. The molecule has 0 aliphatic heterocycles. The second kappa shape index (κ2) is 6.49. The van der Waals surface area contributed by atoms with Gasteiger partial charge in [0.15, 0.2) is 23.1 Å². The van der Waals surface area contributed by atoms with Gasteiger partial charge in [0, 0.05) is 23.7 Å². The van der Waals surface area contributed by atoms with Crippen molar-refractivity contribution in [3.8, 4) is 23.0 Å². The van der Waals surface area contributed by atoms with Crippen LogP contribution in [-0.4, -0.2) is 19.2 Å². The summed E-state index contributed by atoms with van der Waals surface area (Å²) < 4.78 is 30.2. The number of pyridine rings is 1. The molecule has 7 heteroatoms. The highest BCUT2D eigenvalue weighted by molar-refractivity contribution is 5.88. The van der Waals surface area contributed by atoms with Gasteiger partial charge in [-0.2, -0.15) is 0 Å². The Morgan fingerprint density at radius 1 is 0.958 bits per heavy atom. The van der Waals surface area contributed by atoms with Crippen molar-refractivity contribution in [2.45, 2.75) is 0 Å². The van der Waals surface area contributed by atoms with Crippen LogP contribution in [0.1, 0.15) is 0 Å². The van der Waals surface area contributed by atoms with Crippen LogP contribution in [0.2, 0.25) is 0 Å². The number of fused-ring (bicyclic) bond motifs is 1. The van der Waals surface area contributed by atoms with E-state index in [9.17, 15) is 9.30 Å². The topological polar surface area (TPSA) is 70.0 Å². The molecule has 3 rings (SSSR count). The van der Waals surface area contributed by atoms with Gasteiger partial charge in [-0.3, -0.25) is 4.98 Å². The molecule has 2 aromatic carbocycles. The van der Waals surface area contributed by atoms with E-state index >= 15 is 0 Å². The average molecular weight is 328 g/mol. The van der Waals surface area contributed by atoms with Crippen LogP contribution >= 0.6 is 0 Å². The second-order valence-corrected chi connectivity index (χ2v) is 4.84.